The summed E-state index contributed by atoms with van der Waals surface area (Å²) >= 11 is 0. The monoisotopic (exact) mass is 423 g/mol. The highest BCUT2D eigenvalue weighted by Crippen LogP contribution is 2.29. The van der Waals surface area contributed by atoms with Gasteiger partial charge in [-0.2, -0.15) is 0 Å². The van der Waals surface area contributed by atoms with Crippen molar-refractivity contribution in [3.63, 3.8) is 0 Å². The third-order valence-electron chi connectivity index (χ3n) is 6.07. The summed E-state index contributed by atoms with van der Waals surface area (Å²) in [6, 6.07) is 18.1. The Bertz CT molecular complexity index is 837. The zero-order valence-electron chi connectivity index (χ0n) is 18.4. The second-order valence-electron chi connectivity index (χ2n) is 8.18. The van der Waals surface area contributed by atoms with Gasteiger partial charge in [-0.1, -0.05) is 30.3 Å². The molecule has 0 spiro atoms. The van der Waals surface area contributed by atoms with E-state index in [-0.39, 0.29) is 12.2 Å². The number of unbranched alkanes of at least 4 members (excludes halogenated alkanes) is 1. The van der Waals surface area contributed by atoms with Crippen LogP contribution >= 0.6 is 0 Å². The second-order valence-corrected chi connectivity index (χ2v) is 8.18. The molecular weight excluding hydrogens is 390 g/mol. The minimum atomic E-state index is -0.223. The molecule has 31 heavy (non-hydrogen) atoms. The maximum Gasteiger partial charge on any atom is 0.414 e. The average Bonchev–Trinajstić information content (AvgIpc) is 3.19. The molecule has 6 heteroatoms. The fourth-order valence-corrected chi connectivity index (χ4v) is 4.41. The van der Waals surface area contributed by atoms with Crippen molar-refractivity contribution < 1.29 is 14.3 Å². The van der Waals surface area contributed by atoms with E-state index in [9.17, 15) is 4.79 Å². The first-order valence-corrected chi connectivity index (χ1v) is 11.5. The van der Waals surface area contributed by atoms with Crippen LogP contribution in [0.4, 0.5) is 16.2 Å². The summed E-state index contributed by atoms with van der Waals surface area (Å²) < 4.78 is 11.4. The van der Waals surface area contributed by atoms with Crippen molar-refractivity contribution in [3.05, 3.63) is 54.6 Å². The number of ether oxygens (including phenoxy) is 2. The van der Waals surface area contributed by atoms with Crippen LogP contribution in [-0.2, 0) is 4.74 Å². The molecule has 1 unspecified atom stereocenters. The van der Waals surface area contributed by atoms with Gasteiger partial charge in [-0.05, 0) is 57.0 Å². The Labute approximate surface area is 185 Å². The number of amides is 1. The first-order chi connectivity index (χ1) is 15.2. The third kappa shape index (κ3) is 5.50. The lowest BCUT2D eigenvalue weighted by molar-refractivity contribution is 0.134. The lowest BCUT2D eigenvalue weighted by atomic mass is 10.1. The molecule has 1 amide bonds. The summed E-state index contributed by atoms with van der Waals surface area (Å²) in [5.74, 6) is 0.981. The molecule has 166 valence electrons. The van der Waals surface area contributed by atoms with Gasteiger partial charge in [-0.25, -0.2) is 4.79 Å². The summed E-state index contributed by atoms with van der Waals surface area (Å²) in [4.78, 5) is 18.9. The summed E-state index contributed by atoms with van der Waals surface area (Å²) in [5, 5.41) is 0. The molecule has 0 saturated carbocycles. The molecule has 2 heterocycles. The summed E-state index contributed by atoms with van der Waals surface area (Å²) in [7, 11) is 0. The number of anilines is 2. The molecule has 2 aliphatic heterocycles. The van der Waals surface area contributed by atoms with Crippen molar-refractivity contribution in [2.75, 3.05) is 55.7 Å². The van der Waals surface area contributed by atoms with Gasteiger partial charge in [0.2, 0.25) is 0 Å². The van der Waals surface area contributed by atoms with Crippen LogP contribution in [0.15, 0.2) is 54.6 Å². The van der Waals surface area contributed by atoms with E-state index in [1.807, 2.05) is 43.3 Å². The number of nitrogens with zero attached hydrogens (tertiary/aromatic N) is 3. The summed E-state index contributed by atoms with van der Waals surface area (Å²) in [6.07, 6.45) is 2.92. The number of hydrogen-bond donors (Lipinski definition) is 0. The topological polar surface area (TPSA) is 45.2 Å². The number of hydrogen-bond acceptors (Lipinski definition) is 5. The van der Waals surface area contributed by atoms with Crippen LogP contribution in [0, 0.1) is 0 Å². The van der Waals surface area contributed by atoms with Crippen molar-refractivity contribution in [1.82, 2.24) is 4.90 Å². The molecule has 2 aliphatic rings. The highest BCUT2D eigenvalue weighted by molar-refractivity contribution is 5.89. The normalized spacial score (nSPS) is 19.5. The Morgan fingerprint density at radius 2 is 1.71 bits per heavy atom. The van der Waals surface area contributed by atoms with Crippen LogP contribution in [-0.4, -0.2) is 63.0 Å². The lowest BCUT2D eigenvalue weighted by Crippen LogP contribution is -2.46. The number of carbonyl (C=O) groups is 1. The largest absolute Gasteiger partial charge is 0.492 e. The van der Waals surface area contributed by atoms with Crippen molar-refractivity contribution >= 4 is 17.5 Å². The van der Waals surface area contributed by atoms with Crippen LogP contribution in [0.3, 0.4) is 0 Å². The van der Waals surface area contributed by atoms with E-state index < -0.39 is 0 Å². The van der Waals surface area contributed by atoms with Crippen molar-refractivity contribution in [1.29, 1.82) is 0 Å². The molecule has 0 radical (unpaired) electrons. The first kappa shape index (κ1) is 21.5. The van der Waals surface area contributed by atoms with Crippen LogP contribution < -0.4 is 14.5 Å². The predicted molar refractivity (Wildman–Crippen MR) is 124 cm³/mol. The number of piperazine rings is 1. The highest BCUT2D eigenvalue weighted by Gasteiger charge is 2.31. The minimum Gasteiger partial charge on any atom is -0.492 e. The Hall–Kier alpha value is -2.73. The number of carbonyl (C=O) groups excluding carboxylic acids is 1. The van der Waals surface area contributed by atoms with E-state index in [1.54, 1.807) is 4.90 Å². The van der Waals surface area contributed by atoms with Crippen molar-refractivity contribution in [3.8, 4) is 5.75 Å². The Morgan fingerprint density at radius 1 is 0.968 bits per heavy atom. The van der Waals surface area contributed by atoms with E-state index in [4.69, 9.17) is 9.47 Å². The fraction of sp³-hybridized carbons (Fsp3) is 0.480. The Balaban J connectivity index is 1.16. The van der Waals surface area contributed by atoms with Gasteiger partial charge < -0.3 is 14.4 Å². The smallest absolute Gasteiger partial charge is 0.414 e. The predicted octanol–water partition coefficient (Wildman–Crippen LogP) is 4.40. The highest BCUT2D eigenvalue weighted by atomic mass is 16.6. The van der Waals surface area contributed by atoms with Gasteiger partial charge in [-0.3, -0.25) is 9.80 Å². The molecule has 2 aromatic rings. The molecule has 0 aromatic heterocycles. The van der Waals surface area contributed by atoms with Crippen LogP contribution in [0.1, 0.15) is 26.2 Å². The SMILES string of the molecule is CCOc1ccccc1N1CCN(CCCCC2CN(c3ccccc3)C(=O)O2)CC1. The summed E-state index contributed by atoms with van der Waals surface area (Å²) in [5.41, 5.74) is 2.12. The quantitative estimate of drug-likeness (QED) is 0.559. The lowest BCUT2D eigenvalue weighted by Gasteiger charge is -2.36. The van der Waals surface area contributed by atoms with E-state index in [2.05, 4.69) is 28.0 Å². The van der Waals surface area contributed by atoms with Crippen molar-refractivity contribution in [2.24, 2.45) is 0 Å². The average molecular weight is 424 g/mol. The maximum absolute atomic E-state index is 12.2. The van der Waals surface area contributed by atoms with Crippen LogP contribution in [0.5, 0.6) is 5.75 Å². The molecule has 2 saturated heterocycles. The number of benzene rings is 2. The molecule has 2 fully saturated rings. The van der Waals surface area contributed by atoms with Gasteiger partial charge in [0.25, 0.3) is 0 Å². The van der Waals surface area contributed by atoms with Crippen LogP contribution in [0.25, 0.3) is 0 Å². The number of cyclic esters (lactones) is 1. The van der Waals surface area contributed by atoms with E-state index in [0.717, 1.165) is 63.4 Å². The van der Waals surface area contributed by atoms with Gasteiger partial charge in [0.1, 0.15) is 11.9 Å². The standard InChI is InChI=1S/C25H33N3O3/c1-2-30-24-14-7-6-13-23(24)27-18-16-26(17-19-27)15-9-8-12-22-20-28(25(29)31-22)21-10-4-3-5-11-21/h3-7,10-11,13-14,22H,2,8-9,12,15-20H2,1H3. The molecule has 6 nitrogen and oxygen atoms in total. The van der Waals surface area contributed by atoms with E-state index in [0.29, 0.717) is 13.2 Å². The molecule has 0 bridgehead atoms. The van der Waals surface area contributed by atoms with Gasteiger partial charge in [0.05, 0.1) is 18.8 Å². The molecule has 1 atom stereocenters. The van der Waals surface area contributed by atoms with Gasteiger partial charge >= 0.3 is 6.09 Å². The first-order valence-electron chi connectivity index (χ1n) is 11.5. The Morgan fingerprint density at radius 3 is 2.48 bits per heavy atom. The van der Waals surface area contributed by atoms with Crippen LogP contribution in [0.2, 0.25) is 0 Å². The molecule has 0 aliphatic carbocycles. The van der Waals surface area contributed by atoms with E-state index >= 15 is 0 Å². The number of para-hydroxylation sites is 3. The Kier molecular flexibility index (Phi) is 7.30. The third-order valence-corrected chi connectivity index (χ3v) is 6.07. The summed E-state index contributed by atoms with van der Waals surface area (Å²) in [6.45, 7) is 8.66. The van der Waals surface area contributed by atoms with Crippen molar-refractivity contribution in [2.45, 2.75) is 32.3 Å². The molecule has 2 aromatic carbocycles. The molecule has 4 rings (SSSR count). The molecular formula is C25H33N3O3. The maximum atomic E-state index is 12.2. The fourth-order valence-electron chi connectivity index (χ4n) is 4.41. The van der Waals surface area contributed by atoms with Gasteiger partial charge in [0.15, 0.2) is 0 Å². The van der Waals surface area contributed by atoms with Gasteiger partial charge in [0, 0.05) is 31.9 Å². The molecule has 0 N–H and O–H groups in total. The zero-order valence-corrected chi connectivity index (χ0v) is 18.4. The zero-order chi connectivity index (χ0) is 21.5. The second kappa shape index (κ2) is 10.5. The minimum absolute atomic E-state index is 0.000351. The van der Waals surface area contributed by atoms with Gasteiger partial charge in [-0.15, -0.1) is 0 Å². The van der Waals surface area contributed by atoms with E-state index in [1.165, 1.54) is 5.69 Å². The number of rotatable bonds is 9.